The summed E-state index contributed by atoms with van der Waals surface area (Å²) in [5, 5.41) is 11.5. The molecule has 1 N–H and O–H groups in total. The Morgan fingerprint density at radius 1 is 1.22 bits per heavy atom. The van der Waals surface area contributed by atoms with Gasteiger partial charge in [0.25, 0.3) is 0 Å². The Labute approximate surface area is 165 Å². The summed E-state index contributed by atoms with van der Waals surface area (Å²) in [5.41, 5.74) is -0.241. The first-order valence-corrected chi connectivity index (χ1v) is 10.8. The molecule has 0 aromatic heterocycles. The van der Waals surface area contributed by atoms with E-state index in [0.29, 0.717) is 19.4 Å². The van der Waals surface area contributed by atoms with E-state index in [4.69, 9.17) is 18.9 Å². The van der Waals surface area contributed by atoms with Crippen LogP contribution in [0.5, 0.6) is 0 Å². The van der Waals surface area contributed by atoms with Gasteiger partial charge in [0.1, 0.15) is 36.1 Å². The van der Waals surface area contributed by atoms with Crippen molar-refractivity contribution >= 4 is 21.9 Å². The Bertz CT molecular complexity index is 871. The smallest absolute Gasteiger partial charge is 0.334 e. The van der Waals surface area contributed by atoms with Gasteiger partial charge in [0.05, 0.1) is 10.4 Å². The number of ether oxygens (including phenoxy) is 4. The number of fused-ring (bicyclic) bond motifs is 4. The number of esters is 1. The van der Waals surface area contributed by atoms with Gasteiger partial charge in [-0.1, -0.05) is 36.7 Å². The third kappa shape index (κ3) is 1.27. The number of epoxide rings is 3. The minimum Gasteiger partial charge on any atom is -0.458 e. The molecule has 0 aromatic carbocycles. The van der Waals surface area contributed by atoms with Crippen LogP contribution in [-0.2, 0) is 23.7 Å². The molecule has 9 atom stereocenters. The molecule has 5 fully saturated rings. The largest absolute Gasteiger partial charge is 0.458 e. The van der Waals surface area contributed by atoms with Crippen molar-refractivity contribution in [3.05, 3.63) is 11.1 Å². The van der Waals surface area contributed by atoms with E-state index >= 15 is 0 Å². The van der Waals surface area contributed by atoms with Crippen LogP contribution in [0.1, 0.15) is 40.0 Å². The zero-order valence-electron chi connectivity index (χ0n) is 15.6. The number of hydrogen-bond acceptors (Lipinski definition) is 6. The predicted octanol–water partition coefficient (Wildman–Crippen LogP) is 1.62. The van der Waals surface area contributed by atoms with Crippen LogP contribution in [0, 0.1) is 11.3 Å². The summed E-state index contributed by atoms with van der Waals surface area (Å²) in [6, 6.07) is 0. The second-order valence-corrected chi connectivity index (χ2v) is 11.3. The Morgan fingerprint density at radius 3 is 2.74 bits per heavy atom. The monoisotopic (exact) mass is 438 g/mol. The molecule has 6 nitrogen and oxygen atoms in total. The standard InChI is InChI=1S/C20H23BrO6/c1-8(2)18-12(26-18)13-20(27-13)16(3)5-4-9-10(7-24-14(9)22)17(16,21)6-11-19(20,25-11)15(18)23/h8,11-13,15,23H,4-7H2,1-3H3/t11-,12-,13-,15+,16-,17+,18-,19+,20+/m0/s1. The second-order valence-electron chi connectivity index (χ2n) is 9.99. The number of alkyl halides is 1. The minimum absolute atomic E-state index is 0.0595. The number of rotatable bonds is 1. The normalized spacial score (nSPS) is 64.0. The van der Waals surface area contributed by atoms with Crippen LogP contribution < -0.4 is 0 Å². The highest BCUT2D eigenvalue weighted by Crippen LogP contribution is 2.84. The maximum atomic E-state index is 12.2. The summed E-state index contributed by atoms with van der Waals surface area (Å²) in [6.07, 6.45) is 1.27. The molecule has 146 valence electrons. The maximum absolute atomic E-state index is 12.2. The fraction of sp³-hybridized carbons (Fsp3) is 0.850. The lowest BCUT2D eigenvalue weighted by atomic mass is 9.46. The van der Waals surface area contributed by atoms with E-state index in [-0.39, 0.29) is 35.6 Å². The van der Waals surface area contributed by atoms with Crippen molar-refractivity contribution in [1.29, 1.82) is 0 Å². The van der Waals surface area contributed by atoms with Gasteiger partial charge in [-0.15, -0.1) is 0 Å². The molecular weight excluding hydrogens is 416 g/mol. The lowest BCUT2D eigenvalue weighted by Gasteiger charge is -2.57. The SMILES string of the molecule is CC(C)[C@]12O[C@H]1[C@@H]1O[C@]13[C@]1(O[C@H]1C[C@@]1(Br)C4=C(CC[C@]31C)C(=O)OC4)[C@@H]2O. The third-order valence-electron chi connectivity index (χ3n) is 9.20. The fourth-order valence-electron chi connectivity index (χ4n) is 7.65. The lowest BCUT2D eigenvalue weighted by Crippen LogP contribution is -2.72. The van der Waals surface area contributed by atoms with Crippen molar-refractivity contribution in [1.82, 2.24) is 0 Å². The molecular formula is C20H23BrO6. The van der Waals surface area contributed by atoms with Gasteiger partial charge in [0.2, 0.25) is 0 Å². The molecule has 0 aromatic rings. The zero-order valence-corrected chi connectivity index (χ0v) is 17.2. The number of aliphatic hydroxyl groups is 1. The molecule has 7 heteroatoms. The first-order chi connectivity index (χ1) is 12.7. The molecule has 7 aliphatic rings. The van der Waals surface area contributed by atoms with Crippen LogP contribution in [-0.4, -0.2) is 63.2 Å². The van der Waals surface area contributed by atoms with Gasteiger partial charge in [-0.3, -0.25) is 0 Å². The number of carbonyl (C=O) groups is 1. The molecule has 3 aliphatic carbocycles. The van der Waals surface area contributed by atoms with Crippen molar-refractivity contribution in [2.75, 3.05) is 6.61 Å². The summed E-state index contributed by atoms with van der Waals surface area (Å²) in [6.45, 7) is 6.79. The molecule has 2 saturated carbocycles. The number of carbonyl (C=O) groups excluding carboxylic acids is 1. The summed E-state index contributed by atoms with van der Waals surface area (Å²) in [4.78, 5) is 12.2. The Hall–Kier alpha value is -0.470. The number of aliphatic hydroxyl groups excluding tert-OH is 1. The minimum atomic E-state index is -0.692. The third-order valence-corrected chi connectivity index (χ3v) is 10.9. The summed E-state index contributed by atoms with van der Waals surface area (Å²) in [5.74, 6) is 0.0159. The molecule has 0 unspecified atom stereocenters. The van der Waals surface area contributed by atoms with E-state index in [2.05, 4.69) is 36.7 Å². The van der Waals surface area contributed by atoms with E-state index in [1.807, 2.05) is 0 Å². The van der Waals surface area contributed by atoms with Gasteiger partial charge >= 0.3 is 5.97 Å². The van der Waals surface area contributed by atoms with E-state index in [0.717, 1.165) is 17.6 Å². The topological polar surface area (TPSA) is 84.1 Å². The van der Waals surface area contributed by atoms with Crippen molar-refractivity contribution in [2.24, 2.45) is 11.3 Å². The lowest BCUT2D eigenvalue weighted by molar-refractivity contribution is -0.136. The van der Waals surface area contributed by atoms with Crippen molar-refractivity contribution < 1.29 is 28.8 Å². The van der Waals surface area contributed by atoms with Crippen LogP contribution in [0.2, 0.25) is 0 Å². The zero-order chi connectivity index (χ0) is 18.8. The molecule has 0 amide bonds. The van der Waals surface area contributed by atoms with Crippen LogP contribution in [0.3, 0.4) is 0 Å². The van der Waals surface area contributed by atoms with Gasteiger partial charge in [-0.05, 0) is 30.8 Å². The van der Waals surface area contributed by atoms with Gasteiger partial charge in [0, 0.05) is 11.0 Å². The second kappa shape index (κ2) is 4.06. The van der Waals surface area contributed by atoms with Crippen LogP contribution in [0.4, 0.5) is 0 Å². The van der Waals surface area contributed by atoms with Gasteiger partial charge in [-0.25, -0.2) is 4.79 Å². The molecule has 7 rings (SSSR count). The average Bonchev–Trinajstić information content (AvgIpc) is 3.49. The van der Waals surface area contributed by atoms with Crippen LogP contribution in [0.25, 0.3) is 0 Å². The molecule has 0 bridgehead atoms. The average molecular weight is 439 g/mol. The van der Waals surface area contributed by atoms with Crippen molar-refractivity contribution in [2.45, 2.75) is 85.6 Å². The first-order valence-electron chi connectivity index (χ1n) is 10.0. The summed E-state index contributed by atoms with van der Waals surface area (Å²) >= 11 is 4.07. The Kier molecular flexibility index (Phi) is 2.46. The summed E-state index contributed by atoms with van der Waals surface area (Å²) < 4.78 is 24.1. The van der Waals surface area contributed by atoms with Gasteiger partial charge < -0.3 is 24.1 Å². The van der Waals surface area contributed by atoms with Crippen LogP contribution >= 0.6 is 15.9 Å². The first kappa shape index (κ1) is 16.3. The molecule has 4 aliphatic heterocycles. The van der Waals surface area contributed by atoms with Crippen molar-refractivity contribution in [3.63, 3.8) is 0 Å². The van der Waals surface area contributed by atoms with E-state index < -0.39 is 27.2 Å². The maximum Gasteiger partial charge on any atom is 0.334 e. The highest BCUT2D eigenvalue weighted by atomic mass is 79.9. The Morgan fingerprint density at radius 2 is 2.00 bits per heavy atom. The number of hydrogen-bond donors (Lipinski definition) is 1. The number of cyclic esters (lactones) is 1. The molecule has 0 radical (unpaired) electrons. The molecule has 2 spiro atoms. The highest BCUT2D eigenvalue weighted by Gasteiger charge is 3.01. The molecule has 27 heavy (non-hydrogen) atoms. The van der Waals surface area contributed by atoms with E-state index in [1.54, 1.807) is 0 Å². The predicted molar refractivity (Wildman–Crippen MR) is 95.3 cm³/mol. The van der Waals surface area contributed by atoms with E-state index in [1.165, 1.54) is 0 Å². The number of halogens is 1. The fourth-order valence-corrected chi connectivity index (χ4v) is 8.79. The molecule has 3 saturated heterocycles. The molecule has 4 heterocycles. The van der Waals surface area contributed by atoms with E-state index in [9.17, 15) is 9.90 Å². The highest BCUT2D eigenvalue weighted by molar-refractivity contribution is 9.10. The summed E-state index contributed by atoms with van der Waals surface area (Å²) in [7, 11) is 0. The van der Waals surface area contributed by atoms with Gasteiger partial charge in [0.15, 0.2) is 5.60 Å². The van der Waals surface area contributed by atoms with Crippen molar-refractivity contribution in [3.8, 4) is 0 Å². The van der Waals surface area contributed by atoms with Gasteiger partial charge in [-0.2, -0.15) is 0 Å². The Balaban J connectivity index is 1.42. The van der Waals surface area contributed by atoms with Crippen LogP contribution in [0.15, 0.2) is 11.1 Å². The quantitative estimate of drug-likeness (QED) is 0.380.